The van der Waals surface area contributed by atoms with E-state index in [1.807, 2.05) is 0 Å². The van der Waals surface area contributed by atoms with Crippen LogP contribution in [0.2, 0.25) is 0 Å². The first-order valence-corrected chi connectivity index (χ1v) is 5.30. The Morgan fingerprint density at radius 2 is 2.18 bits per heavy atom. The van der Waals surface area contributed by atoms with Crippen LogP contribution >= 0.6 is 11.8 Å². The van der Waals surface area contributed by atoms with Crippen molar-refractivity contribution in [2.24, 2.45) is 0 Å². The van der Waals surface area contributed by atoms with Crippen molar-refractivity contribution in [3.8, 4) is 0 Å². The normalized spacial score (nSPS) is 13.5. The van der Waals surface area contributed by atoms with Gasteiger partial charge in [-0.1, -0.05) is 13.8 Å². The molecule has 0 saturated heterocycles. The van der Waals surface area contributed by atoms with Gasteiger partial charge in [-0.25, -0.2) is 0 Å². The van der Waals surface area contributed by atoms with Crippen LogP contribution in [-0.4, -0.2) is 30.4 Å². The number of thioether (sulfide) groups is 1. The molecule has 0 aromatic carbocycles. The van der Waals surface area contributed by atoms with Crippen LogP contribution < -0.4 is 5.32 Å². The third kappa shape index (κ3) is 6.38. The molecule has 0 aromatic heterocycles. The maximum Gasteiger partial charge on any atom is 0.136 e. The number of nitrogens with one attached hydrogen (secondary N) is 1. The Morgan fingerprint density at radius 1 is 1.55 bits per heavy atom. The molecule has 66 valence electrons. The third-order valence-corrected chi connectivity index (χ3v) is 1.99. The molecule has 2 nitrogen and oxygen atoms in total. The van der Waals surface area contributed by atoms with Gasteiger partial charge in [0.05, 0.1) is 6.04 Å². The van der Waals surface area contributed by atoms with Gasteiger partial charge < -0.3 is 10.1 Å². The summed E-state index contributed by atoms with van der Waals surface area (Å²) in [6.45, 7) is 4.10. The van der Waals surface area contributed by atoms with Crippen LogP contribution in [0, 0.1) is 0 Å². The molecule has 0 aliphatic carbocycles. The largest absolute Gasteiger partial charge is 0.305 e. The van der Waals surface area contributed by atoms with Crippen molar-refractivity contribution in [2.75, 3.05) is 12.0 Å². The SMILES string of the molecule is CSCCC(C=O)NC(C)C. The highest BCUT2D eigenvalue weighted by atomic mass is 32.2. The van der Waals surface area contributed by atoms with E-state index in [9.17, 15) is 4.79 Å². The maximum absolute atomic E-state index is 10.5. The van der Waals surface area contributed by atoms with E-state index in [2.05, 4.69) is 25.4 Å². The molecule has 0 aliphatic rings. The zero-order chi connectivity index (χ0) is 8.69. The molecule has 0 spiro atoms. The van der Waals surface area contributed by atoms with Gasteiger partial charge in [-0.05, 0) is 18.4 Å². The van der Waals surface area contributed by atoms with Crippen molar-refractivity contribution < 1.29 is 4.79 Å². The van der Waals surface area contributed by atoms with Crippen molar-refractivity contribution in [1.29, 1.82) is 0 Å². The summed E-state index contributed by atoms with van der Waals surface area (Å²) in [5.41, 5.74) is 0. The fourth-order valence-corrected chi connectivity index (χ4v) is 1.35. The fraction of sp³-hybridized carbons (Fsp3) is 0.875. The van der Waals surface area contributed by atoms with E-state index < -0.39 is 0 Å². The molecule has 0 heterocycles. The maximum atomic E-state index is 10.5. The van der Waals surface area contributed by atoms with E-state index in [0.29, 0.717) is 6.04 Å². The second-order valence-electron chi connectivity index (χ2n) is 2.85. The molecule has 0 saturated carbocycles. The molecular formula is C8H17NOS. The van der Waals surface area contributed by atoms with Gasteiger partial charge in [0, 0.05) is 6.04 Å². The summed E-state index contributed by atoms with van der Waals surface area (Å²) in [6, 6.07) is 0.439. The quantitative estimate of drug-likeness (QED) is 0.617. The highest BCUT2D eigenvalue weighted by molar-refractivity contribution is 7.98. The average Bonchev–Trinajstić information content (AvgIpc) is 1.97. The van der Waals surface area contributed by atoms with E-state index in [4.69, 9.17) is 0 Å². The zero-order valence-electron chi connectivity index (χ0n) is 7.46. The van der Waals surface area contributed by atoms with Crippen molar-refractivity contribution in [1.82, 2.24) is 5.32 Å². The van der Waals surface area contributed by atoms with Crippen LogP contribution in [0.1, 0.15) is 20.3 Å². The van der Waals surface area contributed by atoms with E-state index in [-0.39, 0.29) is 6.04 Å². The minimum Gasteiger partial charge on any atom is -0.305 e. The summed E-state index contributed by atoms with van der Waals surface area (Å²) in [5.74, 6) is 1.04. The number of hydrogen-bond acceptors (Lipinski definition) is 3. The van der Waals surface area contributed by atoms with Crippen LogP contribution in [0.3, 0.4) is 0 Å². The number of carbonyl (C=O) groups is 1. The first-order chi connectivity index (χ1) is 5.20. The summed E-state index contributed by atoms with van der Waals surface area (Å²) in [4.78, 5) is 10.5. The summed E-state index contributed by atoms with van der Waals surface area (Å²) in [5, 5.41) is 3.18. The molecule has 0 amide bonds. The second kappa shape index (κ2) is 6.68. The highest BCUT2D eigenvalue weighted by Crippen LogP contribution is 1.99. The molecular weight excluding hydrogens is 158 g/mol. The van der Waals surface area contributed by atoms with Crippen LogP contribution in [0.15, 0.2) is 0 Å². The van der Waals surface area contributed by atoms with Crippen molar-refractivity contribution in [2.45, 2.75) is 32.4 Å². The second-order valence-corrected chi connectivity index (χ2v) is 3.83. The van der Waals surface area contributed by atoms with Gasteiger partial charge in [-0.3, -0.25) is 0 Å². The summed E-state index contributed by atoms with van der Waals surface area (Å²) in [7, 11) is 0. The standard InChI is InChI=1S/C8H17NOS/c1-7(2)9-8(6-10)4-5-11-3/h6-9H,4-5H2,1-3H3. The number of aldehydes is 1. The molecule has 0 aromatic rings. The number of rotatable bonds is 6. The minimum absolute atomic E-state index is 0.0439. The topological polar surface area (TPSA) is 29.1 Å². The van der Waals surface area contributed by atoms with E-state index in [1.54, 1.807) is 11.8 Å². The third-order valence-electron chi connectivity index (χ3n) is 1.34. The lowest BCUT2D eigenvalue weighted by atomic mass is 10.2. The molecule has 1 unspecified atom stereocenters. The number of carbonyl (C=O) groups excluding carboxylic acids is 1. The first kappa shape index (κ1) is 11.0. The van der Waals surface area contributed by atoms with Gasteiger partial charge in [-0.15, -0.1) is 0 Å². The predicted molar refractivity (Wildman–Crippen MR) is 51.1 cm³/mol. The first-order valence-electron chi connectivity index (χ1n) is 3.91. The fourth-order valence-electron chi connectivity index (χ4n) is 0.864. The molecule has 3 heteroatoms. The van der Waals surface area contributed by atoms with Crippen molar-refractivity contribution in [3.05, 3.63) is 0 Å². The van der Waals surface area contributed by atoms with Crippen molar-refractivity contribution >= 4 is 18.0 Å². The van der Waals surface area contributed by atoms with Crippen molar-refractivity contribution in [3.63, 3.8) is 0 Å². The summed E-state index contributed by atoms with van der Waals surface area (Å²) < 4.78 is 0. The molecule has 0 rings (SSSR count). The van der Waals surface area contributed by atoms with Crippen LogP contribution in [0.4, 0.5) is 0 Å². The lowest BCUT2D eigenvalue weighted by Gasteiger charge is -2.14. The molecule has 1 N–H and O–H groups in total. The molecule has 1 atom stereocenters. The Kier molecular flexibility index (Phi) is 6.66. The van der Waals surface area contributed by atoms with Gasteiger partial charge in [0.2, 0.25) is 0 Å². The lowest BCUT2D eigenvalue weighted by Crippen LogP contribution is -2.36. The molecule has 0 radical (unpaired) electrons. The van der Waals surface area contributed by atoms with Gasteiger partial charge >= 0.3 is 0 Å². The van der Waals surface area contributed by atoms with Gasteiger partial charge in [0.1, 0.15) is 6.29 Å². The predicted octanol–water partition coefficient (Wildman–Crippen LogP) is 1.30. The smallest absolute Gasteiger partial charge is 0.136 e. The van der Waals surface area contributed by atoms with Gasteiger partial charge in [0.25, 0.3) is 0 Å². The Hall–Kier alpha value is -0.0200. The molecule has 0 fully saturated rings. The Balaban J connectivity index is 3.49. The van der Waals surface area contributed by atoms with Gasteiger partial charge in [0.15, 0.2) is 0 Å². The molecule has 11 heavy (non-hydrogen) atoms. The van der Waals surface area contributed by atoms with Crippen LogP contribution in [-0.2, 0) is 4.79 Å². The molecule has 0 aliphatic heterocycles. The Bertz CT molecular complexity index is 106. The molecule has 0 bridgehead atoms. The van der Waals surface area contributed by atoms with E-state index >= 15 is 0 Å². The summed E-state index contributed by atoms with van der Waals surface area (Å²) in [6.07, 6.45) is 3.98. The lowest BCUT2D eigenvalue weighted by molar-refractivity contribution is -0.109. The monoisotopic (exact) mass is 175 g/mol. The van der Waals surface area contributed by atoms with Crippen LogP contribution in [0.5, 0.6) is 0 Å². The van der Waals surface area contributed by atoms with Gasteiger partial charge in [-0.2, -0.15) is 11.8 Å². The minimum atomic E-state index is 0.0439. The number of hydrogen-bond donors (Lipinski definition) is 1. The zero-order valence-corrected chi connectivity index (χ0v) is 8.28. The summed E-state index contributed by atoms with van der Waals surface area (Å²) >= 11 is 1.77. The van der Waals surface area contributed by atoms with E-state index in [0.717, 1.165) is 18.5 Å². The van der Waals surface area contributed by atoms with E-state index in [1.165, 1.54) is 0 Å². The Labute approximate surface area is 73.1 Å². The Morgan fingerprint density at radius 3 is 2.55 bits per heavy atom. The average molecular weight is 175 g/mol. The van der Waals surface area contributed by atoms with Crippen LogP contribution in [0.25, 0.3) is 0 Å². The highest BCUT2D eigenvalue weighted by Gasteiger charge is 2.06.